The van der Waals surface area contributed by atoms with Gasteiger partial charge in [-0.3, -0.25) is 0 Å². The molecule has 2 nitrogen and oxygen atoms in total. The standard InChI is InChI=1S/C11H13BrO2/c1-9(12)7-14-8-10-3-5-11(13-2)6-4-10/h3-6H,1,7-8H2,2H3. The van der Waals surface area contributed by atoms with Gasteiger partial charge >= 0.3 is 0 Å². The summed E-state index contributed by atoms with van der Waals surface area (Å²) in [4.78, 5) is 0. The maximum atomic E-state index is 5.37. The summed E-state index contributed by atoms with van der Waals surface area (Å²) in [6, 6.07) is 7.80. The molecule has 0 aromatic heterocycles. The van der Waals surface area contributed by atoms with Crippen molar-refractivity contribution in [1.29, 1.82) is 0 Å². The van der Waals surface area contributed by atoms with Gasteiger partial charge < -0.3 is 9.47 Å². The molecular formula is C11H13BrO2. The van der Waals surface area contributed by atoms with E-state index in [1.54, 1.807) is 7.11 Å². The summed E-state index contributed by atoms with van der Waals surface area (Å²) in [5, 5.41) is 0. The molecule has 1 aromatic rings. The molecular weight excluding hydrogens is 244 g/mol. The van der Waals surface area contributed by atoms with E-state index in [-0.39, 0.29) is 0 Å². The van der Waals surface area contributed by atoms with E-state index in [1.165, 1.54) is 0 Å². The second kappa shape index (κ2) is 5.83. The quantitative estimate of drug-likeness (QED) is 0.806. The zero-order valence-corrected chi connectivity index (χ0v) is 9.71. The number of halogens is 1. The average Bonchev–Trinajstić information content (AvgIpc) is 2.18. The monoisotopic (exact) mass is 256 g/mol. The summed E-state index contributed by atoms with van der Waals surface area (Å²) in [7, 11) is 1.65. The lowest BCUT2D eigenvalue weighted by Crippen LogP contribution is -1.94. The fourth-order valence-corrected chi connectivity index (χ4v) is 1.16. The minimum absolute atomic E-state index is 0.534. The van der Waals surface area contributed by atoms with Crippen molar-refractivity contribution in [3.63, 3.8) is 0 Å². The number of ether oxygens (including phenoxy) is 2. The highest BCUT2D eigenvalue weighted by Gasteiger charge is 1.95. The highest BCUT2D eigenvalue weighted by molar-refractivity contribution is 9.11. The van der Waals surface area contributed by atoms with Crippen molar-refractivity contribution in [3.8, 4) is 5.75 Å². The predicted molar refractivity (Wildman–Crippen MR) is 60.7 cm³/mol. The van der Waals surface area contributed by atoms with Crippen molar-refractivity contribution in [2.24, 2.45) is 0 Å². The molecule has 0 heterocycles. The Hall–Kier alpha value is -0.800. The van der Waals surface area contributed by atoms with Crippen molar-refractivity contribution in [2.45, 2.75) is 6.61 Å². The second-order valence-electron chi connectivity index (χ2n) is 2.86. The van der Waals surface area contributed by atoms with E-state index < -0.39 is 0 Å². The van der Waals surface area contributed by atoms with Crippen LogP contribution in [0.2, 0.25) is 0 Å². The lowest BCUT2D eigenvalue weighted by atomic mass is 10.2. The fraction of sp³-hybridized carbons (Fsp3) is 0.273. The molecule has 76 valence electrons. The Balaban J connectivity index is 2.40. The van der Waals surface area contributed by atoms with Gasteiger partial charge in [0.15, 0.2) is 0 Å². The first-order valence-electron chi connectivity index (χ1n) is 4.26. The summed E-state index contributed by atoms with van der Waals surface area (Å²) >= 11 is 3.23. The third kappa shape index (κ3) is 3.94. The number of benzene rings is 1. The highest BCUT2D eigenvalue weighted by atomic mass is 79.9. The Morgan fingerprint density at radius 2 is 2.00 bits per heavy atom. The molecule has 0 saturated carbocycles. The molecule has 0 amide bonds. The van der Waals surface area contributed by atoms with Gasteiger partial charge in [-0.05, 0) is 17.7 Å². The Morgan fingerprint density at radius 3 is 2.50 bits per heavy atom. The summed E-state index contributed by atoms with van der Waals surface area (Å²) in [6.45, 7) is 4.81. The zero-order chi connectivity index (χ0) is 10.4. The molecule has 0 aliphatic heterocycles. The summed E-state index contributed by atoms with van der Waals surface area (Å²) < 4.78 is 11.3. The molecule has 0 aliphatic carbocycles. The van der Waals surface area contributed by atoms with Crippen LogP contribution in [0.5, 0.6) is 5.75 Å². The van der Waals surface area contributed by atoms with E-state index in [2.05, 4.69) is 22.5 Å². The number of hydrogen-bond acceptors (Lipinski definition) is 2. The Bertz CT molecular complexity index is 293. The van der Waals surface area contributed by atoms with Crippen LogP contribution in [0.3, 0.4) is 0 Å². The van der Waals surface area contributed by atoms with Gasteiger partial charge in [-0.15, -0.1) is 0 Å². The smallest absolute Gasteiger partial charge is 0.118 e. The van der Waals surface area contributed by atoms with Crippen LogP contribution >= 0.6 is 15.9 Å². The third-order valence-corrected chi connectivity index (χ3v) is 1.92. The van der Waals surface area contributed by atoms with Crippen LogP contribution in [0.15, 0.2) is 35.3 Å². The Labute approximate surface area is 92.7 Å². The first kappa shape index (κ1) is 11.3. The van der Waals surface area contributed by atoms with Crippen LogP contribution in [0.25, 0.3) is 0 Å². The van der Waals surface area contributed by atoms with E-state index >= 15 is 0 Å². The molecule has 0 atom stereocenters. The molecule has 0 saturated heterocycles. The summed E-state index contributed by atoms with van der Waals surface area (Å²) in [5.41, 5.74) is 1.12. The van der Waals surface area contributed by atoms with E-state index in [9.17, 15) is 0 Å². The number of methoxy groups -OCH3 is 1. The number of hydrogen-bond donors (Lipinski definition) is 0. The molecule has 0 aliphatic rings. The maximum Gasteiger partial charge on any atom is 0.118 e. The van der Waals surface area contributed by atoms with Crippen LogP contribution in [0.1, 0.15) is 5.56 Å². The zero-order valence-electron chi connectivity index (χ0n) is 8.13. The fourth-order valence-electron chi connectivity index (χ4n) is 1.00. The molecule has 0 N–H and O–H groups in total. The SMILES string of the molecule is C=C(Br)COCc1ccc(OC)cc1. The molecule has 1 rings (SSSR count). The van der Waals surface area contributed by atoms with E-state index in [1.807, 2.05) is 24.3 Å². The number of rotatable bonds is 5. The lowest BCUT2D eigenvalue weighted by molar-refractivity contribution is 0.147. The van der Waals surface area contributed by atoms with Gasteiger partial charge in [-0.1, -0.05) is 34.6 Å². The normalized spacial score (nSPS) is 9.86. The molecule has 0 unspecified atom stereocenters. The molecule has 0 fully saturated rings. The third-order valence-electron chi connectivity index (χ3n) is 1.69. The van der Waals surface area contributed by atoms with Crippen molar-refractivity contribution in [1.82, 2.24) is 0 Å². The van der Waals surface area contributed by atoms with Gasteiger partial charge in [0, 0.05) is 4.48 Å². The van der Waals surface area contributed by atoms with E-state index in [4.69, 9.17) is 9.47 Å². The van der Waals surface area contributed by atoms with Gasteiger partial charge in [-0.2, -0.15) is 0 Å². The van der Waals surface area contributed by atoms with Gasteiger partial charge in [0.25, 0.3) is 0 Å². The minimum Gasteiger partial charge on any atom is -0.497 e. The van der Waals surface area contributed by atoms with Gasteiger partial charge in [0.2, 0.25) is 0 Å². The van der Waals surface area contributed by atoms with Crippen LogP contribution in [-0.2, 0) is 11.3 Å². The van der Waals surface area contributed by atoms with Crippen LogP contribution in [0, 0.1) is 0 Å². The Morgan fingerprint density at radius 1 is 1.36 bits per heavy atom. The van der Waals surface area contributed by atoms with Gasteiger partial charge in [0.05, 0.1) is 20.3 Å². The largest absolute Gasteiger partial charge is 0.497 e. The van der Waals surface area contributed by atoms with Crippen molar-refractivity contribution >= 4 is 15.9 Å². The molecule has 0 bridgehead atoms. The average molecular weight is 257 g/mol. The van der Waals surface area contributed by atoms with E-state index in [0.717, 1.165) is 15.8 Å². The lowest BCUT2D eigenvalue weighted by Gasteiger charge is -2.04. The Kier molecular flexibility index (Phi) is 4.70. The van der Waals surface area contributed by atoms with Crippen LogP contribution in [0.4, 0.5) is 0 Å². The molecule has 1 aromatic carbocycles. The first-order valence-corrected chi connectivity index (χ1v) is 5.05. The molecule has 0 radical (unpaired) electrons. The topological polar surface area (TPSA) is 18.5 Å². The maximum absolute atomic E-state index is 5.37. The highest BCUT2D eigenvalue weighted by Crippen LogP contribution is 2.12. The van der Waals surface area contributed by atoms with Crippen molar-refractivity contribution in [3.05, 3.63) is 40.9 Å². The van der Waals surface area contributed by atoms with Crippen molar-refractivity contribution < 1.29 is 9.47 Å². The minimum atomic E-state index is 0.534. The van der Waals surface area contributed by atoms with Gasteiger partial charge in [0.1, 0.15) is 5.75 Å². The summed E-state index contributed by atoms with van der Waals surface area (Å²) in [6.07, 6.45) is 0. The van der Waals surface area contributed by atoms with E-state index in [0.29, 0.717) is 13.2 Å². The molecule has 3 heteroatoms. The first-order chi connectivity index (χ1) is 6.72. The summed E-state index contributed by atoms with van der Waals surface area (Å²) in [5.74, 6) is 0.860. The second-order valence-corrected chi connectivity index (χ2v) is 3.98. The van der Waals surface area contributed by atoms with Crippen LogP contribution < -0.4 is 4.74 Å². The van der Waals surface area contributed by atoms with Crippen molar-refractivity contribution in [2.75, 3.05) is 13.7 Å². The molecule has 14 heavy (non-hydrogen) atoms. The van der Waals surface area contributed by atoms with Gasteiger partial charge in [-0.25, -0.2) is 0 Å². The predicted octanol–water partition coefficient (Wildman–Crippen LogP) is 3.12. The van der Waals surface area contributed by atoms with Crippen LogP contribution in [-0.4, -0.2) is 13.7 Å². The molecule has 0 spiro atoms.